The van der Waals surface area contributed by atoms with Gasteiger partial charge in [0.15, 0.2) is 0 Å². The van der Waals surface area contributed by atoms with Gasteiger partial charge in [-0.15, -0.1) is 0 Å². The Morgan fingerprint density at radius 3 is 2.17 bits per heavy atom. The van der Waals surface area contributed by atoms with Crippen molar-refractivity contribution >= 4 is 31.8 Å². The van der Waals surface area contributed by atoms with Crippen LogP contribution in [0.4, 0.5) is 0 Å². The number of hydrogen-bond donors (Lipinski definition) is 1. The fraction of sp³-hybridized carbons (Fsp3) is 1.00. The lowest BCUT2D eigenvalue weighted by Gasteiger charge is -2.17. The molecule has 0 bridgehead atoms. The van der Waals surface area contributed by atoms with E-state index >= 15 is 0 Å². The highest BCUT2D eigenvalue weighted by Crippen LogP contribution is 2.24. The van der Waals surface area contributed by atoms with Crippen molar-refractivity contribution in [2.75, 3.05) is 31.6 Å². The van der Waals surface area contributed by atoms with Crippen LogP contribution in [0.15, 0.2) is 0 Å². The third-order valence-electron chi connectivity index (χ3n) is 1.53. The van der Waals surface area contributed by atoms with E-state index in [1.54, 1.807) is 21.6 Å². The molecule has 0 aliphatic carbocycles. The molecule has 1 rings (SSSR count). The summed E-state index contributed by atoms with van der Waals surface area (Å²) in [6, 6.07) is 0. The molecule has 7 heteroatoms. The van der Waals surface area contributed by atoms with Gasteiger partial charge in [-0.2, -0.15) is 12.7 Å². The molecule has 1 aliphatic heterocycles. The molecule has 0 radical (unpaired) electrons. The SMILES string of the molecule is CNS(=O)(=O)N1CCSSCC1. The van der Waals surface area contributed by atoms with Crippen LogP contribution >= 0.6 is 21.6 Å². The van der Waals surface area contributed by atoms with Gasteiger partial charge in [-0.3, -0.25) is 0 Å². The van der Waals surface area contributed by atoms with Crippen LogP contribution in [0.3, 0.4) is 0 Å². The Hall–Kier alpha value is 0.570. The summed E-state index contributed by atoms with van der Waals surface area (Å²) in [5.74, 6) is 1.73. The third-order valence-corrected chi connectivity index (χ3v) is 5.46. The van der Waals surface area contributed by atoms with E-state index in [2.05, 4.69) is 4.72 Å². The third kappa shape index (κ3) is 2.81. The summed E-state index contributed by atoms with van der Waals surface area (Å²) in [5.41, 5.74) is 0. The zero-order chi connectivity index (χ0) is 9.03. The van der Waals surface area contributed by atoms with Gasteiger partial charge in [0, 0.05) is 31.6 Å². The van der Waals surface area contributed by atoms with E-state index in [4.69, 9.17) is 0 Å². The van der Waals surface area contributed by atoms with E-state index in [1.807, 2.05) is 0 Å². The normalized spacial score (nSPS) is 22.1. The van der Waals surface area contributed by atoms with Gasteiger partial charge in [0.1, 0.15) is 0 Å². The first-order chi connectivity index (χ1) is 5.67. The average Bonchev–Trinajstić information content (AvgIpc) is 2.32. The van der Waals surface area contributed by atoms with Crippen LogP contribution in [-0.4, -0.2) is 44.4 Å². The van der Waals surface area contributed by atoms with Crippen LogP contribution < -0.4 is 4.72 Å². The Kier molecular flexibility index (Phi) is 4.18. The van der Waals surface area contributed by atoms with Gasteiger partial charge in [-0.05, 0) is 0 Å². The Balaban J connectivity index is 2.60. The number of rotatable bonds is 2. The Morgan fingerprint density at radius 1 is 1.25 bits per heavy atom. The van der Waals surface area contributed by atoms with E-state index in [9.17, 15) is 8.42 Å². The second kappa shape index (κ2) is 4.71. The number of hydrogen-bond acceptors (Lipinski definition) is 4. The lowest BCUT2D eigenvalue weighted by molar-refractivity contribution is 0.444. The summed E-state index contributed by atoms with van der Waals surface area (Å²) < 4.78 is 26.4. The van der Waals surface area contributed by atoms with Crippen LogP contribution in [0, 0.1) is 0 Å². The van der Waals surface area contributed by atoms with Crippen molar-refractivity contribution in [2.24, 2.45) is 0 Å². The maximum Gasteiger partial charge on any atom is 0.279 e. The highest BCUT2D eigenvalue weighted by Gasteiger charge is 2.20. The summed E-state index contributed by atoms with van der Waals surface area (Å²) in [6.07, 6.45) is 0. The monoisotopic (exact) mass is 228 g/mol. The summed E-state index contributed by atoms with van der Waals surface area (Å²) in [7, 11) is 1.71. The van der Waals surface area contributed by atoms with Gasteiger partial charge in [0.2, 0.25) is 0 Å². The summed E-state index contributed by atoms with van der Waals surface area (Å²) in [4.78, 5) is 0. The standard InChI is InChI=1S/C5H12N2O2S3/c1-6-12(8,9)7-2-4-10-11-5-3-7/h6H,2-5H2,1H3. The maximum atomic E-state index is 11.3. The van der Waals surface area contributed by atoms with Crippen molar-refractivity contribution in [3.8, 4) is 0 Å². The second-order valence-electron chi connectivity index (χ2n) is 2.25. The van der Waals surface area contributed by atoms with Crippen molar-refractivity contribution in [2.45, 2.75) is 0 Å². The van der Waals surface area contributed by atoms with Crippen LogP contribution in [0.2, 0.25) is 0 Å². The molecular weight excluding hydrogens is 216 g/mol. The van der Waals surface area contributed by atoms with E-state index in [0.717, 1.165) is 11.5 Å². The number of nitrogens with one attached hydrogen (secondary N) is 1. The van der Waals surface area contributed by atoms with Gasteiger partial charge in [-0.1, -0.05) is 21.6 Å². The van der Waals surface area contributed by atoms with Crippen LogP contribution in [0.25, 0.3) is 0 Å². The van der Waals surface area contributed by atoms with Gasteiger partial charge >= 0.3 is 0 Å². The molecule has 1 aliphatic rings. The highest BCUT2D eigenvalue weighted by atomic mass is 33.1. The topological polar surface area (TPSA) is 49.4 Å². The minimum absolute atomic E-state index is 0.612. The van der Waals surface area contributed by atoms with E-state index in [1.165, 1.54) is 11.4 Å². The molecule has 1 N–H and O–H groups in total. The lowest BCUT2D eigenvalue weighted by Crippen LogP contribution is -2.40. The number of nitrogens with zero attached hydrogens (tertiary/aromatic N) is 1. The van der Waals surface area contributed by atoms with Crippen LogP contribution in [0.5, 0.6) is 0 Å². The van der Waals surface area contributed by atoms with Gasteiger partial charge in [-0.25, -0.2) is 4.72 Å². The maximum absolute atomic E-state index is 11.3. The first-order valence-electron chi connectivity index (χ1n) is 3.60. The molecule has 1 fully saturated rings. The van der Waals surface area contributed by atoms with Crippen LogP contribution in [0.1, 0.15) is 0 Å². The lowest BCUT2D eigenvalue weighted by atomic mass is 10.6. The zero-order valence-electron chi connectivity index (χ0n) is 6.82. The molecule has 12 heavy (non-hydrogen) atoms. The predicted octanol–water partition coefficient (Wildman–Crippen LogP) is 0.148. The fourth-order valence-corrected chi connectivity index (χ4v) is 4.01. The van der Waals surface area contributed by atoms with Crippen molar-refractivity contribution in [1.29, 1.82) is 0 Å². The van der Waals surface area contributed by atoms with E-state index in [-0.39, 0.29) is 0 Å². The Labute approximate surface area is 81.0 Å². The first-order valence-corrected chi connectivity index (χ1v) is 7.52. The molecule has 0 aromatic carbocycles. The van der Waals surface area contributed by atoms with Crippen molar-refractivity contribution in [3.63, 3.8) is 0 Å². The molecule has 0 atom stereocenters. The molecule has 72 valence electrons. The van der Waals surface area contributed by atoms with Crippen LogP contribution in [-0.2, 0) is 10.2 Å². The molecule has 1 saturated heterocycles. The minimum Gasteiger partial charge on any atom is -0.205 e. The van der Waals surface area contributed by atoms with Crippen molar-refractivity contribution in [3.05, 3.63) is 0 Å². The van der Waals surface area contributed by atoms with Gasteiger partial charge in [0.25, 0.3) is 10.2 Å². The molecule has 1 heterocycles. The molecule has 0 spiro atoms. The molecule has 4 nitrogen and oxygen atoms in total. The van der Waals surface area contributed by atoms with Crippen molar-refractivity contribution in [1.82, 2.24) is 9.03 Å². The Bertz CT molecular complexity index is 221. The summed E-state index contributed by atoms with van der Waals surface area (Å²) in [6.45, 7) is 1.22. The van der Waals surface area contributed by atoms with E-state index in [0.29, 0.717) is 13.1 Å². The Morgan fingerprint density at radius 2 is 1.75 bits per heavy atom. The fourth-order valence-electron chi connectivity index (χ4n) is 0.877. The molecule has 0 saturated carbocycles. The van der Waals surface area contributed by atoms with Crippen molar-refractivity contribution < 1.29 is 8.42 Å². The predicted molar refractivity (Wildman–Crippen MR) is 54.5 cm³/mol. The molecule has 0 amide bonds. The average molecular weight is 228 g/mol. The highest BCUT2D eigenvalue weighted by molar-refractivity contribution is 8.76. The first kappa shape index (κ1) is 10.6. The van der Waals surface area contributed by atoms with Gasteiger partial charge in [0.05, 0.1) is 0 Å². The minimum atomic E-state index is -3.19. The van der Waals surface area contributed by atoms with E-state index < -0.39 is 10.2 Å². The molecule has 0 aromatic heterocycles. The summed E-state index contributed by atoms with van der Waals surface area (Å²) in [5, 5.41) is 0. The zero-order valence-corrected chi connectivity index (χ0v) is 9.27. The largest absolute Gasteiger partial charge is 0.279 e. The molecular formula is C5H12N2O2S3. The second-order valence-corrected chi connectivity index (χ2v) is 6.83. The summed E-state index contributed by atoms with van der Waals surface area (Å²) >= 11 is 0. The smallest absolute Gasteiger partial charge is 0.205 e. The molecule has 0 unspecified atom stereocenters. The quantitative estimate of drug-likeness (QED) is 0.684. The van der Waals surface area contributed by atoms with Gasteiger partial charge < -0.3 is 0 Å². The molecule has 0 aromatic rings.